The van der Waals surface area contributed by atoms with Crippen LogP contribution in [-0.4, -0.2) is 65.2 Å². The van der Waals surface area contributed by atoms with E-state index in [9.17, 15) is 14.4 Å². The van der Waals surface area contributed by atoms with Crippen molar-refractivity contribution in [2.24, 2.45) is 5.73 Å². The van der Waals surface area contributed by atoms with E-state index in [0.29, 0.717) is 6.54 Å². The van der Waals surface area contributed by atoms with Crippen LogP contribution in [0.3, 0.4) is 0 Å². The van der Waals surface area contributed by atoms with Gasteiger partial charge in [0.25, 0.3) is 0 Å². The van der Waals surface area contributed by atoms with E-state index in [-0.39, 0.29) is 37.5 Å². The normalized spacial score (nSPS) is 18.3. The molecule has 4 amide bonds. The molecule has 8 nitrogen and oxygen atoms in total. The zero-order valence-electron chi connectivity index (χ0n) is 14.6. The Hall–Kier alpha value is -1.83. The lowest BCUT2D eigenvalue weighted by molar-refractivity contribution is -0.129. The molecule has 1 rings (SSSR count). The molecule has 1 unspecified atom stereocenters. The number of hydrogen-bond acceptors (Lipinski definition) is 5. The number of hydrogen-bond donors (Lipinski definition) is 2. The first-order valence-electron chi connectivity index (χ1n) is 7.85. The third-order valence-corrected chi connectivity index (χ3v) is 3.32. The van der Waals surface area contributed by atoms with Gasteiger partial charge in [-0.3, -0.25) is 4.79 Å². The quantitative estimate of drug-likeness (QED) is 0.798. The van der Waals surface area contributed by atoms with Gasteiger partial charge < -0.3 is 20.7 Å². The summed E-state index contributed by atoms with van der Waals surface area (Å²) in [7, 11) is 0. The molecule has 0 aromatic heterocycles. The molecule has 0 saturated carbocycles. The summed E-state index contributed by atoms with van der Waals surface area (Å²) >= 11 is 0. The average Bonchev–Trinajstić information content (AvgIpc) is 2.74. The number of imide groups is 1. The molecule has 0 bridgehead atoms. The molecule has 1 atom stereocenters. The first-order chi connectivity index (χ1) is 10.5. The Kier molecular flexibility index (Phi) is 6.37. The van der Waals surface area contributed by atoms with Crippen LogP contribution in [0.2, 0.25) is 0 Å². The summed E-state index contributed by atoms with van der Waals surface area (Å²) in [5.74, 6) is -0.00653. The number of amides is 4. The summed E-state index contributed by atoms with van der Waals surface area (Å²) in [6.45, 7) is 9.63. The van der Waals surface area contributed by atoms with Gasteiger partial charge in [0.2, 0.25) is 5.91 Å². The van der Waals surface area contributed by atoms with Crippen LogP contribution in [-0.2, 0) is 9.53 Å². The van der Waals surface area contributed by atoms with Crippen LogP contribution in [0.15, 0.2) is 0 Å². The van der Waals surface area contributed by atoms with E-state index in [0.717, 1.165) is 4.90 Å². The number of ether oxygens (including phenoxy) is 1. The van der Waals surface area contributed by atoms with Crippen molar-refractivity contribution in [1.29, 1.82) is 0 Å². The predicted octanol–water partition coefficient (Wildman–Crippen LogP) is 0.901. The Labute approximate surface area is 137 Å². The Morgan fingerprint density at radius 2 is 2.04 bits per heavy atom. The fourth-order valence-corrected chi connectivity index (χ4v) is 2.30. The second-order valence-electron chi connectivity index (χ2n) is 6.91. The highest BCUT2D eigenvalue weighted by Crippen LogP contribution is 2.15. The SMILES string of the molecule is CC(C)N1CC(NC(=O)N(CCN)C(=O)OC(C)(C)C)CC1=O. The average molecular weight is 328 g/mol. The van der Waals surface area contributed by atoms with Gasteiger partial charge in [0, 0.05) is 32.1 Å². The summed E-state index contributed by atoms with van der Waals surface area (Å²) in [6, 6.07) is -0.830. The van der Waals surface area contributed by atoms with Crippen LogP contribution in [0.25, 0.3) is 0 Å². The van der Waals surface area contributed by atoms with Gasteiger partial charge in [-0.05, 0) is 34.6 Å². The summed E-state index contributed by atoms with van der Waals surface area (Å²) in [5.41, 5.74) is 4.76. The maximum atomic E-state index is 12.3. The number of carbonyl (C=O) groups excluding carboxylic acids is 3. The molecular formula is C15H28N4O4. The van der Waals surface area contributed by atoms with E-state index in [1.54, 1.807) is 25.7 Å². The smallest absolute Gasteiger partial charge is 0.418 e. The number of urea groups is 1. The second kappa shape index (κ2) is 7.63. The molecule has 1 saturated heterocycles. The van der Waals surface area contributed by atoms with Gasteiger partial charge in [-0.2, -0.15) is 0 Å². The fourth-order valence-electron chi connectivity index (χ4n) is 2.30. The molecule has 0 aliphatic carbocycles. The minimum atomic E-state index is -0.745. The zero-order chi connectivity index (χ0) is 17.8. The van der Waals surface area contributed by atoms with E-state index in [1.807, 2.05) is 13.8 Å². The first-order valence-corrected chi connectivity index (χ1v) is 7.85. The van der Waals surface area contributed by atoms with Crippen LogP contribution in [0.4, 0.5) is 9.59 Å². The van der Waals surface area contributed by atoms with Gasteiger partial charge >= 0.3 is 12.1 Å². The maximum absolute atomic E-state index is 12.3. The standard InChI is InChI=1S/C15H28N4O4/c1-10(2)19-9-11(8-12(19)20)17-13(21)18(7-6-16)14(22)23-15(3,4)5/h10-11H,6-9,16H2,1-5H3,(H,17,21). The Morgan fingerprint density at radius 3 is 2.48 bits per heavy atom. The number of rotatable bonds is 4. The van der Waals surface area contributed by atoms with Crippen molar-refractivity contribution in [3.8, 4) is 0 Å². The molecule has 0 radical (unpaired) electrons. The van der Waals surface area contributed by atoms with Gasteiger partial charge in [0.05, 0.1) is 6.04 Å². The zero-order valence-corrected chi connectivity index (χ0v) is 14.6. The van der Waals surface area contributed by atoms with Crippen LogP contribution in [0.1, 0.15) is 41.0 Å². The molecule has 23 heavy (non-hydrogen) atoms. The van der Waals surface area contributed by atoms with E-state index < -0.39 is 17.7 Å². The molecular weight excluding hydrogens is 300 g/mol. The second-order valence-corrected chi connectivity index (χ2v) is 6.91. The van der Waals surface area contributed by atoms with Crippen molar-refractivity contribution in [3.63, 3.8) is 0 Å². The van der Waals surface area contributed by atoms with Gasteiger partial charge in [-0.1, -0.05) is 0 Å². The molecule has 8 heteroatoms. The van der Waals surface area contributed by atoms with Crippen molar-refractivity contribution in [1.82, 2.24) is 15.1 Å². The summed E-state index contributed by atoms with van der Waals surface area (Å²) < 4.78 is 5.21. The lowest BCUT2D eigenvalue weighted by atomic mass is 10.2. The summed E-state index contributed by atoms with van der Waals surface area (Å²) in [4.78, 5) is 39.0. The highest BCUT2D eigenvalue weighted by atomic mass is 16.6. The predicted molar refractivity (Wildman–Crippen MR) is 85.8 cm³/mol. The third-order valence-electron chi connectivity index (χ3n) is 3.32. The molecule has 0 spiro atoms. The van der Waals surface area contributed by atoms with Gasteiger partial charge in [0.1, 0.15) is 5.60 Å². The van der Waals surface area contributed by atoms with Crippen LogP contribution in [0, 0.1) is 0 Å². The monoisotopic (exact) mass is 328 g/mol. The number of nitrogens with two attached hydrogens (primary N) is 1. The van der Waals surface area contributed by atoms with Crippen molar-refractivity contribution in [2.45, 2.75) is 58.7 Å². The number of likely N-dealkylation sites (tertiary alicyclic amines) is 1. The first kappa shape index (κ1) is 19.2. The van der Waals surface area contributed by atoms with Gasteiger partial charge in [0.15, 0.2) is 0 Å². The Morgan fingerprint density at radius 1 is 1.43 bits per heavy atom. The minimum Gasteiger partial charge on any atom is -0.443 e. The number of nitrogens with zero attached hydrogens (tertiary/aromatic N) is 2. The molecule has 132 valence electrons. The van der Waals surface area contributed by atoms with Gasteiger partial charge in [-0.25, -0.2) is 14.5 Å². The van der Waals surface area contributed by atoms with Crippen molar-refractivity contribution in [3.05, 3.63) is 0 Å². The van der Waals surface area contributed by atoms with Crippen molar-refractivity contribution in [2.75, 3.05) is 19.6 Å². The lowest BCUT2D eigenvalue weighted by Crippen LogP contribution is -2.51. The third kappa shape index (κ3) is 5.70. The molecule has 1 aliphatic heterocycles. The van der Waals surface area contributed by atoms with Crippen LogP contribution in [0.5, 0.6) is 0 Å². The van der Waals surface area contributed by atoms with Gasteiger partial charge in [-0.15, -0.1) is 0 Å². The Balaban J connectivity index is 2.69. The van der Waals surface area contributed by atoms with Crippen molar-refractivity contribution >= 4 is 18.0 Å². The largest absolute Gasteiger partial charge is 0.443 e. The summed E-state index contributed by atoms with van der Waals surface area (Å²) in [6.07, 6.45) is -0.514. The van der Waals surface area contributed by atoms with E-state index in [1.165, 1.54) is 0 Å². The molecule has 1 aliphatic rings. The molecule has 3 N–H and O–H groups in total. The molecule has 1 fully saturated rings. The topological polar surface area (TPSA) is 105 Å². The molecule has 0 aromatic carbocycles. The Bertz CT molecular complexity index is 459. The van der Waals surface area contributed by atoms with Crippen molar-refractivity contribution < 1.29 is 19.1 Å². The van der Waals surface area contributed by atoms with Crippen LogP contribution >= 0.6 is 0 Å². The van der Waals surface area contributed by atoms with E-state index >= 15 is 0 Å². The summed E-state index contributed by atoms with van der Waals surface area (Å²) in [5, 5.41) is 2.71. The van der Waals surface area contributed by atoms with E-state index in [2.05, 4.69) is 5.32 Å². The molecule has 0 aromatic rings. The number of carbonyl (C=O) groups is 3. The fraction of sp³-hybridized carbons (Fsp3) is 0.800. The van der Waals surface area contributed by atoms with Crippen LogP contribution < -0.4 is 11.1 Å². The lowest BCUT2D eigenvalue weighted by Gasteiger charge is -2.27. The van der Waals surface area contributed by atoms with E-state index in [4.69, 9.17) is 10.5 Å². The number of nitrogens with one attached hydrogen (secondary N) is 1. The highest BCUT2D eigenvalue weighted by molar-refractivity contribution is 5.92. The maximum Gasteiger partial charge on any atom is 0.418 e. The molecule has 1 heterocycles. The highest BCUT2D eigenvalue weighted by Gasteiger charge is 2.34. The minimum absolute atomic E-state index is 0.00653.